The van der Waals surface area contributed by atoms with E-state index in [-0.39, 0.29) is 0 Å². The summed E-state index contributed by atoms with van der Waals surface area (Å²) in [6, 6.07) is 16.8. The maximum absolute atomic E-state index is 5.94. The Hall–Kier alpha value is -1.77. The van der Waals surface area contributed by atoms with Crippen LogP contribution < -0.4 is 0 Å². The molecule has 0 atom stereocenters. The number of fused-ring (bicyclic) bond motifs is 3. The number of halogens is 1. The van der Waals surface area contributed by atoms with Gasteiger partial charge in [0.1, 0.15) is 0 Å². The fourth-order valence-corrected chi connectivity index (χ4v) is 3.50. The molecule has 0 radical (unpaired) electrons. The Morgan fingerprint density at radius 2 is 1.86 bits per heavy atom. The summed E-state index contributed by atoms with van der Waals surface area (Å²) in [5.74, 6) is 0. The van der Waals surface area contributed by atoms with Crippen LogP contribution in [0.5, 0.6) is 0 Å². The van der Waals surface area contributed by atoms with Gasteiger partial charge in [0.05, 0.1) is 0 Å². The topological polar surface area (TPSA) is 19.0 Å². The summed E-state index contributed by atoms with van der Waals surface area (Å²) in [7, 11) is 0. The first-order chi connectivity index (χ1) is 10.8. The summed E-state index contributed by atoms with van der Waals surface area (Å²) in [6.45, 7) is 3.26. The molecular weight excluding hydrogens is 292 g/mol. The SMILES string of the molecule is Clc1ccc(CCN2CCc3c([nH]c4ccccc34)C2)cc1. The van der Waals surface area contributed by atoms with E-state index in [9.17, 15) is 0 Å². The lowest BCUT2D eigenvalue weighted by Crippen LogP contribution is -2.32. The molecule has 2 aromatic carbocycles. The fourth-order valence-electron chi connectivity index (χ4n) is 3.38. The molecule has 3 aromatic rings. The maximum Gasteiger partial charge on any atom is 0.0459 e. The molecule has 0 saturated carbocycles. The van der Waals surface area contributed by atoms with Crippen molar-refractivity contribution in [2.24, 2.45) is 0 Å². The van der Waals surface area contributed by atoms with Crippen LogP contribution in [0.15, 0.2) is 48.5 Å². The van der Waals surface area contributed by atoms with E-state index in [0.29, 0.717) is 0 Å². The van der Waals surface area contributed by atoms with Gasteiger partial charge in [-0.3, -0.25) is 4.90 Å². The minimum atomic E-state index is 0.810. The standard InChI is InChI=1S/C19H19ClN2/c20-15-7-5-14(6-8-15)9-11-22-12-10-17-16-3-1-2-4-18(16)21-19(17)13-22/h1-8,21H,9-13H2. The van der Waals surface area contributed by atoms with Gasteiger partial charge < -0.3 is 4.98 Å². The van der Waals surface area contributed by atoms with Crippen LogP contribution >= 0.6 is 11.6 Å². The molecule has 22 heavy (non-hydrogen) atoms. The number of nitrogens with one attached hydrogen (secondary N) is 1. The molecule has 0 fully saturated rings. The Balaban J connectivity index is 1.46. The maximum atomic E-state index is 5.94. The zero-order valence-corrected chi connectivity index (χ0v) is 13.2. The lowest BCUT2D eigenvalue weighted by molar-refractivity contribution is 0.255. The highest BCUT2D eigenvalue weighted by Gasteiger charge is 2.19. The molecule has 1 aliphatic rings. The van der Waals surface area contributed by atoms with Gasteiger partial charge in [0, 0.05) is 41.3 Å². The van der Waals surface area contributed by atoms with Gasteiger partial charge in [-0.1, -0.05) is 41.9 Å². The van der Waals surface area contributed by atoms with E-state index in [2.05, 4.69) is 46.3 Å². The third-order valence-electron chi connectivity index (χ3n) is 4.59. The number of nitrogens with zero attached hydrogens (tertiary/aromatic N) is 1. The molecule has 0 amide bonds. The average molecular weight is 311 g/mol. The molecule has 3 heteroatoms. The van der Waals surface area contributed by atoms with Crippen LogP contribution in [0, 0.1) is 0 Å². The van der Waals surface area contributed by atoms with E-state index >= 15 is 0 Å². The fraction of sp³-hybridized carbons (Fsp3) is 0.263. The first-order valence-corrected chi connectivity index (χ1v) is 8.23. The minimum absolute atomic E-state index is 0.810. The predicted octanol–water partition coefficient (Wildman–Crippen LogP) is 4.42. The summed E-state index contributed by atoms with van der Waals surface area (Å²) in [6.07, 6.45) is 2.21. The van der Waals surface area contributed by atoms with Crippen LogP contribution in [0.1, 0.15) is 16.8 Å². The Kier molecular flexibility index (Phi) is 3.65. The van der Waals surface area contributed by atoms with Crippen LogP contribution in [0.4, 0.5) is 0 Å². The van der Waals surface area contributed by atoms with Crippen LogP contribution in [0.3, 0.4) is 0 Å². The van der Waals surface area contributed by atoms with Gasteiger partial charge in [0.15, 0.2) is 0 Å². The van der Waals surface area contributed by atoms with Crippen LogP contribution in [-0.2, 0) is 19.4 Å². The van der Waals surface area contributed by atoms with Crippen molar-refractivity contribution in [3.05, 3.63) is 70.4 Å². The predicted molar refractivity (Wildman–Crippen MR) is 92.4 cm³/mol. The lowest BCUT2D eigenvalue weighted by atomic mass is 10.0. The number of hydrogen-bond donors (Lipinski definition) is 1. The molecule has 2 heterocycles. The summed E-state index contributed by atoms with van der Waals surface area (Å²) >= 11 is 5.94. The van der Waals surface area contributed by atoms with Crippen molar-refractivity contribution in [2.45, 2.75) is 19.4 Å². The van der Waals surface area contributed by atoms with Gasteiger partial charge in [-0.25, -0.2) is 0 Å². The van der Waals surface area contributed by atoms with Crippen LogP contribution in [0.25, 0.3) is 10.9 Å². The van der Waals surface area contributed by atoms with Crippen LogP contribution in [-0.4, -0.2) is 23.0 Å². The Labute approximate surface area is 135 Å². The Morgan fingerprint density at radius 1 is 1.05 bits per heavy atom. The number of rotatable bonds is 3. The van der Waals surface area contributed by atoms with Gasteiger partial charge in [-0.05, 0) is 42.2 Å². The Bertz CT molecular complexity index is 789. The smallest absolute Gasteiger partial charge is 0.0459 e. The van der Waals surface area contributed by atoms with E-state index in [1.807, 2.05) is 12.1 Å². The van der Waals surface area contributed by atoms with E-state index in [1.54, 1.807) is 0 Å². The van der Waals surface area contributed by atoms with E-state index in [0.717, 1.165) is 37.5 Å². The zero-order chi connectivity index (χ0) is 14.9. The van der Waals surface area contributed by atoms with Gasteiger partial charge in [0.25, 0.3) is 0 Å². The molecule has 1 aromatic heterocycles. The molecule has 0 unspecified atom stereocenters. The van der Waals surface area contributed by atoms with Gasteiger partial charge in [0.2, 0.25) is 0 Å². The third-order valence-corrected chi connectivity index (χ3v) is 4.84. The average Bonchev–Trinajstić information content (AvgIpc) is 2.92. The molecule has 0 aliphatic carbocycles. The summed E-state index contributed by atoms with van der Waals surface area (Å²) in [5, 5.41) is 2.21. The monoisotopic (exact) mass is 310 g/mol. The van der Waals surface area contributed by atoms with E-state index in [1.165, 1.54) is 27.7 Å². The highest BCUT2D eigenvalue weighted by Crippen LogP contribution is 2.27. The van der Waals surface area contributed by atoms with Crippen LogP contribution in [0.2, 0.25) is 5.02 Å². The van der Waals surface area contributed by atoms with Gasteiger partial charge in [-0.15, -0.1) is 0 Å². The summed E-state index contributed by atoms with van der Waals surface area (Å²) < 4.78 is 0. The van der Waals surface area contributed by atoms with Crippen molar-refractivity contribution >= 4 is 22.5 Å². The number of para-hydroxylation sites is 1. The van der Waals surface area contributed by atoms with Crippen molar-refractivity contribution in [3.8, 4) is 0 Å². The van der Waals surface area contributed by atoms with E-state index < -0.39 is 0 Å². The number of aromatic amines is 1. The number of hydrogen-bond acceptors (Lipinski definition) is 1. The number of H-pyrrole nitrogens is 1. The summed E-state index contributed by atoms with van der Waals surface area (Å²) in [5.41, 5.74) is 5.53. The molecule has 0 spiro atoms. The second-order valence-corrected chi connectivity index (χ2v) is 6.47. The van der Waals surface area contributed by atoms with Crippen molar-refractivity contribution in [3.63, 3.8) is 0 Å². The normalized spacial score (nSPS) is 15.1. The second kappa shape index (κ2) is 5.79. The van der Waals surface area contributed by atoms with E-state index in [4.69, 9.17) is 11.6 Å². The highest BCUT2D eigenvalue weighted by molar-refractivity contribution is 6.30. The zero-order valence-electron chi connectivity index (χ0n) is 12.5. The molecule has 112 valence electrons. The highest BCUT2D eigenvalue weighted by atomic mass is 35.5. The lowest BCUT2D eigenvalue weighted by Gasteiger charge is -2.26. The van der Waals surface area contributed by atoms with Crippen molar-refractivity contribution < 1.29 is 0 Å². The number of benzene rings is 2. The minimum Gasteiger partial charge on any atom is -0.357 e. The molecule has 1 aliphatic heterocycles. The second-order valence-electron chi connectivity index (χ2n) is 6.03. The van der Waals surface area contributed by atoms with Gasteiger partial charge >= 0.3 is 0 Å². The third kappa shape index (κ3) is 2.65. The quantitative estimate of drug-likeness (QED) is 0.758. The molecule has 4 rings (SSSR count). The molecular formula is C19H19ClN2. The first-order valence-electron chi connectivity index (χ1n) is 7.85. The van der Waals surface area contributed by atoms with Crippen molar-refractivity contribution in [1.29, 1.82) is 0 Å². The molecule has 0 bridgehead atoms. The molecule has 0 saturated heterocycles. The van der Waals surface area contributed by atoms with Crippen molar-refractivity contribution in [2.75, 3.05) is 13.1 Å². The number of aromatic nitrogens is 1. The summed E-state index contributed by atoms with van der Waals surface area (Å²) in [4.78, 5) is 6.13. The Morgan fingerprint density at radius 3 is 2.73 bits per heavy atom. The largest absolute Gasteiger partial charge is 0.357 e. The molecule has 1 N–H and O–H groups in total. The van der Waals surface area contributed by atoms with Crippen molar-refractivity contribution in [1.82, 2.24) is 9.88 Å². The first kappa shape index (κ1) is 13.9. The molecule has 2 nitrogen and oxygen atoms in total. The van der Waals surface area contributed by atoms with Gasteiger partial charge in [-0.2, -0.15) is 0 Å².